The predicted molar refractivity (Wildman–Crippen MR) is 101 cm³/mol. The predicted octanol–water partition coefficient (Wildman–Crippen LogP) is 1.97. The lowest BCUT2D eigenvalue weighted by atomic mass is 10.1. The standard InChI is InChI=1S/C16H21N5O3S2/c1-12(22)18-15-19-20-16(25-15)26(23,24)17-11-13-5-7-14(8-6-13)21-9-3-2-4-10-21/h5-8,17H,2-4,9-11H2,1H3,(H,18,19,22). The first-order valence-electron chi connectivity index (χ1n) is 8.39. The zero-order valence-corrected chi connectivity index (χ0v) is 16.1. The molecule has 10 heteroatoms. The van der Waals surface area contributed by atoms with Crippen LogP contribution in [0.25, 0.3) is 0 Å². The van der Waals surface area contributed by atoms with Crippen LogP contribution >= 0.6 is 11.3 Å². The van der Waals surface area contributed by atoms with E-state index in [-0.39, 0.29) is 21.9 Å². The molecule has 2 N–H and O–H groups in total. The first kappa shape index (κ1) is 18.7. The van der Waals surface area contributed by atoms with Crippen molar-refractivity contribution in [1.82, 2.24) is 14.9 Å². The molecule has 1 fully saturated rings. The maximum Gasteiger partial charge on any atom is 0.270 e. The zero-order chi connectivity index (χ0) is 18.6. The van der Waals surface area contributed by atoms with E-state index in [1.165, 1.54) is 31.9 Å². The average molecular weight is 396 g/mol. The molecule has 0 saturated carbocycles. The lowest BCUT2D eigenvalue weighted by Gasteiger charge is -2.28. The van der Waals surface area contributed by atoms with Gasteiger partial charge >= 0.3 is 0 Å². The van der Waals surface area contributed by atoms with E-state index in [9.17, 15) is 13.2 Å². The second-order valence-electron chi connectivity index (χ2n) is 6.09. The van der Waals surface area contributed by atoms with Crippen LogP contribution < -0.4 is 14.9 Å². The van der Waals surface area contributed by atoms with Crippen molar-refractivity contribution in [1.29, 1.82) is 0 Å². The first-order valence-corrected chi connectivity index (χ1v) is 10.7. The van der Waals surface area contributed by atoms with Gasteiger partial charge in [-0.1, -0.05) is 23.5 Å². The minimum atomic E-state index is -3.77. The topological polar surface area (TPSA) is 104 Å². The quantitative estimate of drug-likeness (QED) is 0.725. The number of benzene rings is 1. The fourth-order valence-corrected chi connectivity index (χ4v) is 4.74. The molecule has 0 atom stereocenters. The Bertz CT molecular complexity index is 858. The fraction of sp³-hybridized carbons (Fsp3) is 0.438. The molecule has 1 aromatic carbocycles. The van der Waals surface area contributed by atoms with Gasteiger partial charge in [-0.25, -0.2) is 13.1 Å². The maximum absolute atomic E-state index is 12.3. The molecule has 8 nitrogen and oxygen atoms in total. The van der Waals surface area contributed by atoms with Gasteiger partial charge < -0.3 is 10.2 Å². The fourth-order valence-electron chi connectivity index (χ4n) is 2.74. The lowest BCUT2D eigenvalue weighted by molar-refractivity contribution is -0.114. The molecule has 140 valence electrons. The number of anilines is 2. The van der Waals surface area contributed by atoms with E-state index < -0.39 is 10.0 Å². The van der Waals surface area contributed by atoms with Crippen LogP contribution in [0.15, 0.2) is 28.6 Å². The Morgan fingerprint density at radius 3 is 2.50 bits per heavy atom. The van der Waals surface area contributed by atoms with Crippen molar-refractivity contribution in [2.24, 2.45) is 0 Å². The summed E-state index contributed by atoms with van der Waals surface area (Å²) in [6, 6.07) is 7.90. The molecule has 1 aromatic heterocycles. The number of sulfonamides is 1. The summed E-state index contributed by atoms with van der Waals surface area (Å²) < 4.78 is 26.9. The van der Waals surface area contributed by atoms with Crippen LogP contribution in [0.1, 0.15) is 31.7 Å². The van der Waals surface area contributed by atoms with Crippen molar-refractivity contribution >= 4 is 38.1 Å². The van der Waals surface area contributed by atoms with Crippen molar-refractivity contribution in [2.45, 2.75) is 37.1 Å². The molecule has 0 radical (unpaired) electrons. The SMILES string of the molecule is CC(=O)Nc1nnc(S(=O)(=O)NCc2ccc(N3CCCCC3)cc2)s1. The minimum Gasteiger partial charge on any atom is -0.372 e. The van der Waals surface area contributed by atoms with Gasteiger partial charge in [-0.15, -0.1) is 10.2 Å². The van der Waals surface area contributed by atoms with Gasteiger partial charge in [-0.05, 0) is 37.0 Å². The van der Waals surface area contributed by atoms with Crippen molar-refractivity contribution in [3.05, 3.63) is 29.8 Å². The highest BCUT2D eigenvalue weighted by molar-refractivity contribution is 7.91. The molecule has 1 saturated heterocycles. The van der Waals surface area contributed by atoms with Crippen LogP contribution in [-0.4, -0.2) is 37.6 Å². The van der Waals surface area contributed by atoms with Gasteiger partial charge in [-0.2, -0.15) is 0 Å². The molecule has 1 aliphatic heterocycles. The van der Waals surface area contributed by atoms with Crippen LogP contribution in [-0.2, 0) is 21.4 Å². The Kier molecular flexibility index (Phi) is 5.84. The van der Waals surface area contributed by atoms with Crippen molar-refractivity contribution in [3.8, 4) is 0 Å². The molecular formula is C16H21N5O3S2. The van der Waals surface area contributed by atoms with E-state index in [1.54, 1.807) is 0 Å². The minimum absolute atomic E-state index is 0.156. The van der Waals surface area contributed by atoms with Crippen molar-refractivity contribution in [3.63, 3.8) is 0 Å². The van der Waals surface area contributed by atoms with Crippen LogP contribution in [0.5, 0.6) is 0 Å². The Morgan fingerprint density at radius 1 is 1.15 bits per heavy atom. The monoisotopic (exact) mass is 395 g/mol. The van der Waals surface area contributed by atoms with Crippen LogP contribution in [0, 0.1) is 0 Å². The third kappa shape index (κ3) is 4.77. The molecule has 1 amide bonds. The molecule has 0 aliphatic carbocycles. The second kappa shape index (κ2) is 8.11. The van der Waals surface area contributed by atoms with Gasteiger partial charge in [0.05, 0.1) is 0 Å². The number of rotatable bonds is 6. The Labute approximate surface area is 156 Å². The van der Waals surface area contributed by atoms with Gasteiger partial charge in [0.25, 0.3) is 10.0 Å². The molecule has 0 unspecified atom stereocenters. The van der Waals surface area contributed by atoms with Gasteiger partial charge in [0.1, 0.15) is 0 Å². The Balaban J connectivity index is 1.60. The smallest absolute Gasteiger partial charge is 0.270 e. The van der Waals surface area contributed by atoms with Gasteiger partial charge in [-0.3, -0.25) is 4.79 Å². The number of carbonyl (C=O) groups excluding carboxylic acids is 1. The highest BCUT2D eigenvalue weighted by Crippen LogP contribution is 2.22. The summed E-state index contributed by atoms with van der Waals surface area (Å²) in [6.45, 7) is 3.62. The highest BCUT2D eigenvalue weighted by Gasteiger charge is 2.20. The van der Waals surface area contributed by atoms with Crippen LogP contribution in [0.2, 0.25) is 0 Å². The van der Waals surface area contributed by atoms with Gasteiger partial charge in [0.2, 0.25) is 15.4 Å². The number of hydrogen-bond donors (Lipinski definition) is 2. The molecule has 0 spiro atoms. The van der Waals surface area contributed by atoms with E-state index >= 15 is 0 Å². The van der Waals surface area contributed by atoms with E-state index in [0.717, 1.165) is 30.0 Å². The summed E-state index contributed by atoms with van der Waals surface area (Å²) in [7, 11) is -3.77. The van der Waals surface area contributed by atoms with Crippen LogP contribution in [0.4, 0.5) is 10.8 Å². The summed E-state index contributed by atoms with van der Waals surface area (Å²) >= 11 is 0.813. The molecule has 2 heterocycles. The second-order valence-corrected chi connectivity index (χ2v) is 9.01. The molecule has 3 rings (SSSR count). The Morgan fingerprint density at radius 2 is 1.85 bits per heavy atom. The van der Waals surface area contributed by atoms with Gasteiger partial charge in [0.15, 0.2) is 0 Å². The summed E-state index contributed by atoms with van der Waals surface area (Å²) in [5, 5.41) is 9.85. The van der Waals surface area contributed by atoms with E-state index in [4.69, 9.17) is 0 Å². The summed E-state index contributed by atoms with van der Waals surface area (Å²) in [6.07, 6.45) is 3.71. The summed E-state index contributed by atoms with van der Waals surface area (Å²) in [4.78, 5) is 13.3. The third-order valence-electron chi connectivity index (χ3n) is 4.04. The number of nitrogens with one attached hydrogen (secondary N) is 2. The molecule has 1 aliphatic rings. The Hall–Kier alpha value is -2.04. The highest BCUT2D eigenvalue weighted by atomic mass is 32.2. The van der Waals surface area contributed by atoms with E-state index in [1.807, 2.05) is 24.3 Å². The number of carbonyl (C=O) groups is 1. The number of nitrogens with zero attached hydrogens (tertiary/aromatic N) is 3. The molecular weight excluding hydrogens is 374 g/mol. The number of piperidine rings is 1. The number of amides is 1. The first-order chi connectivity index (χ1) is 12.4. The van der Waals surface area contributed by atoms with Crippen molar-refractivity contribution in [2.75, 3.05) is 23.3 Å². The average Bonchev–Trinajstić information content (AvgIpc) is 3.10. The maximum atomic E-state index is 12.3. The number of aromatic nitrogens is 2. The molecule has 2 aromatic rings. The van der Waals surface area contributed by atoms with Crippen LogP contribution in [0.3, 0.4) is 0 Å². The molecule has 26 heavy (non-hydrogen) atoms. The molecule has 0 bridgehead atoms. The van der Waals surface area contributed by atoms with Crippen molar-refractivity contribution < 1.29 is 13.2 Å². The van der Waals surface area contributed by atoms with E-state index in [2.05, 4.69) is 25.1 Å². The largest absolute Gasteiger partial charge is 0.372 e. The lowest BCUT2D eigenvalue weighted by Crippen LogP contribution is -2.29. The number of hydrogen-bond acceptors (Lipinski definition) is 7. The summed E-state index contributed by atoms with van der Waals surface area (Å²) in [5.41, 5.74) is 2.03. The normalized spacial score (nSPS) is 15.0. The van der Waals surface area contributed by atoms with E-state index in [0.29, 0.717) is 0 Å². The summed E-state index contributed by atoms with van der Waals surface area (Å²) in [5.74, 6) is -0.327. The van der Waals surface area contributed by atoms with Gasteiger partial charge in [0, 0.05) is 32.2 Å². The third-order valence-corrected chi connectivity index (χ3v) is 6.65. The zero-order valence-electron chi connectivity index (χ0n) is 14.4.